The summed E-state index contributed by atoms with van der Waals surface area (Å²) in [6.07, 6.45) is 2.01. The van der Waals surface area contributed by atoms with E-state index in [2.05, 4.69) is 29.2 Å². The van der Waals surface area contributed by atoms with Gasteiger partial charge in [0.25, 0.3) is 5.91 Å². The molecule has 2 aromatic rings. The van der Waals surface area contributed by atoms with Crippen molar-refractivity contribution in [2.45, 2.75) is 25.8 Å². The first-order valence-electron chi connectivity index (χ1n) is 9.13. The van der Waals surface area contributed by atoms with Gasteiger partial charge in [-0.25, -0.2) is 0 Å². The highest BCUT2D eigenvalue weighted by molar-refractivity contribution is 5.97. The number of para-hydroxylation sites is 2. The lowest BCUT2D eigenvalue weighted by Gasteiger charge is -2.28. The van der Waals surface area contributed by atoms with Crippen molar-refractivity contribution in [3.05, 3.63) is 59.7 Å². The van der Waals surface area contributed by atoms with Gasteiger partial charge >= 0.3 is 0 Å². The Balaban J connectivity index is 1.56. The molecule has 0 radical (unpaired) electrons. The summed E-state index contributed by atoms with van der Waals surface area (Å²) in [6.45, 7) is 5.10. The van der Waals surface area contributed by atoms with Crippen LogP contribution >= 0.6 is 0 Å². The molecule has 0 N–H and O–H groups in total. The lowest BCUT2D eigenvalue weighted by atomic mass is 10.1. The molecular formula is C21H24N2O2. The molecule has 1 unspecified atom stereocenters. The van der Waals surface area contributed by atoms with E-state index in [0.717, 1.165) is 32.5 Å². The van der Waals surface area contributed by atoms with Crippen LogP contribution in [0.2, 0.25) is 0 Å². The second-order valence-corrected chi connectivity index (χ2v) is 6.71. The molecule has 2 heterocycles. The van der Waals surface area contributed by atoms with Gasteiger partial charge in [-0.1, -0.05) is 30.3 Å². The molecule has 0 spiro atoms. The van der Waals surface area contributed by atoms with E-state index in [1.54, 1.807) is 0 Å². The van der Waals surface area contributed by atoms with Crippen LogP contribution in [0.25, 0.3) is 0 Å². The zero-order valence-electron chi connectivity index (χ0n) is 14.6. The van der Waals surface area contributed by atoms with Crippen LogP contribution in [0.15, 0.2) is 48.5 Å². The van der Waals surface area contributed by atoms with Gasteiger partial charge in [0.15, 0.2) is 0 Å². The smallest absolute Gasteiger partial charge is 0.257 e. The van der Waals surface area contributed by atoms with Gasteiger partial charge in [0.2, 0.25) is 0 Å². The molecule has 25 heavy (non-hydrogen) atoms. The van der Waals surface area contributed by atoms with Gasteiger partial charge in [-0.2, -0.15) is 0 Å². The fraction of sp³-hybridized carbons (Fsp3) is 0.381. The molecule has 2 aromatic carbocycles. The first-order chi connectivity index (χ1) is 12.3. The molecule has 0 bridgehead atoms. The van der Waals surface area contributed by atoms with Gasteiger partial charge in [-0.3, -0.25) is 4.79 Å². The lowest BCUT2D eigenvalue weighted by Crippen LogP contribution is -2.41. The maximum Gasteiger partial charge on any atom is 0.257 e. The summed E-state index contributed by atoms with van der Waals surface area (Å²) in [5, 5.41) is 0. The van der Waals surface area contributed by atoms with Crippen molar-refractivity contribution < 1.29 is 9.53 Å². The third-order valence-corrected chi connectivity index (χ3v) is 5.16. The Hall–Kier alpha value is -2.49. The Kier molecular flexibility index (Phi) is 4.35. The molecule has 1 atom stereocenters. The maximum absolute atomic E-state index is 13.1. The number of hydrogen-bond acceptors (Lipinski definition) is 3. The van der Waals surface area contributed by atoms with E-state index < -0.39 is 0 Å². The molecular weight excluding hydrogens is 312 g/mol. The van der Waals surface area contributed by atoms with Crippen LogP contribution in [0.4, 0.5) is 5.69 Å². The zero-order chi connectivity index (χ0) is 17.2. The lowest BCUT2D eigenvalue weighted by molar-refractivity contribution is 0.0751. The highest BCUT2D eigenvalue weighted by atomic mass is 16.5. The van der Waals surface area contributed by atoms with Gasteiger partial charge in [0.1, 0.15) is 5.75 Å². The summed E-state index contributed by atoms with van der Waals surface area (Å²) >= 11 is 0. The van der Waals surface area contributed by atoms with Gasteiger partial charge in [-0.15, -0.1) is 0 Å². The minimum atomic E-state index is 0.0851. The van der Waals surface area contributed by atoms with Crippen LogP contribution in [-0.2, 0) is 6.42 Å². The molecule has 0 aromatic heterocycles. The number of nitrogens with zero attached hydrogens (tertiary/aromatic N) is 2. The monoisotopic (exact) mass is 336 g/mol. The Morgan fingerprint density at radius 1 is 1.12 bits per heavy atom. The predicted molar refractivity (Wildman–Crippen MR) is 99.4 cm³/mol. The Bertz CT molecular complexity index is 774. The summed E-state index contributed by atoms with van der Waals surface area (Å²) in [7, 11) is 0. The van der Waals surface area contributed by atoms with Gasteiger partial charge < -0.3 is 14.5 Å². The van der Waals surface area contributed by atoms with Crippen molar-refractivity contribution in [3.63, 3.8) is 0 Å². The van der Waals surface area contributed by atoms with Crippen LogP contribution < -0.4 is 9.64 Å². The van der Waals surface area contributed by atoms with Crippen molar-refractivity contribution in [1.29, 1.82) is 0 Å². The van der Waals surface area contributed by atoms with Crippen LogP contribution in [0.3, 0.4) is 0 Å². The van der Waals surface area contributed by atoms with Crippen LogP contribution in [0, 0.1) is 0 Å². The van der Waals surface area contributed by atoms with E-state index in [9.17, 15) is 4.79 Å². The van der Waals surface area contributed by atoms with E-state index in [1.165, 1.54) is 11.3 Å². The van der Waals surface area contributed by atoms with Gasteiger partial charge in [-0.05, 0) is 43.5 Å². The SMILES string of the molecule is CCOc1ccccc1C(=O)N1CCCN2c3ccccc3CC2C1. The third kappa shape index (κ3) is 2.97. The summed E-state index contributed by atoms with van der Waals surface area (Å²) in [4.78, 5) is 17.6. The van der Waals surface area contributed by atoms with E-state index in [-0.39, 0.29) is 5.91 Å². The van der Waals surface area contributed by atoms with Gasteiger partial charge in [0.05, 0.1) is 18.2 Å². The molecule has 1 fully saturated rings. The van der Waals surface area contributed by atoms with E-state index in [0.29, 0.717) is 24.0 Å². The summed E-state index contributed by atoms with van der Waals surface area (Å²) in [5.41, 5.74) is 3.42. The van der Waals surface area contributed by atoms with Crippen molar-refractivity contribution in [2.75, 3.05) is 31.1 Å². The minimum absolute atomic E-state index is 0.0851. The fourth-order valence-corrected chi connectivity index (χ4v) is 4.05. The highest BCUT2D eigenvalue weighted by Gasteiger charge is 2.34. The van der Waals surface area contributed by atoms with Crippen molar-refractivity contribution in [2.24, 2.45) is 0 Å². The van der Waals surface area contributed by atoms with Crippen molar-refractivity contribution >= 4 is 11.6 Å². The molecule has 4 rings (SSSR count). The standard InChI is InChI=1S/C21H24N2O2/c1-2-25-20-11-6-4-9-18(20)21(24)22-12-7-13-23-17(15-22)14-16-8-3-5-10-19(16)23/h3-6,8-11,17H,2,7,12-15H2,1H3. The van der Waals surface area contributed by atoms with Crippen molar-refractivity contribution in [1.82, 2.24) is 4.90 Å². The predicted octanol–water partition coefficient (Wildman–Crippen LogP) is 3.36. The zero-order valence-corrected chi connectivity index (χ0v) is 14.6. The molecule has 4 heteroatoms. The van der Waals surface area contributed by atoms with E-state index in [4.69, 9.17) is 4.74 Å². The number of benzene rings is 2. The molecule has 4 nitrogen and oxygen atoms in total. The Morgan fingerprint density at radius 3 is 2.80 bits per heavy atom. The quantitative estimate of drug-likeness (QED) is 0.862. The average molecular weight is 336 g/mol. The number of carbonyl (C=O) groups excluding carboxylic acids is 1. The number of ether oxygens (including phenoxy) is 1. The summed E-state index contributed by atoms with van der Waals surface area (Å²) < 4.78 is 5.66. The number of rotatable bonds is 3. The fourth-order valence-electron chi connectivity index (χ4n) is 4.05. The van der Waals surface area contributed by atoms with E-state index in [1.807, 2.05) is 36.1 Å². The Labute approximate surface area is 149 Å². The largest absolute Gasteiger partial charge is 0.493 e. The van der Waals surface area contributed by atoms with Crippen LogP contribution in [-0.4, -0.2) is 43.1 Å². The third-order valence-electron chi connectivity index (χ3n) is 5.16. The summed E-state index contributed by atoms with van der Waals surface area (Å²) in [5.74, 6) is 0.771. The highest BCUT2D eigenvalue weighted by Crippen LogP contribution is 2.34. The average Bonchev–Trinajstić information content (AvgIpc) is 2.85. The number of anilines is 1. The Morgan fingerprint density at radius 2 is 1.92 bits per heavy atom. The van der Waals surface area contributed by atoms with Crippen LogP contribution in [0.5, 0.6) is 5.75 Å². The maximum atomic E-state index is 13.1. The molecule has 2 aliphatic rings. The van der Waals surface area contributed by atoms with Crippen LogP contribution in [0.1, 0.15) is 29.3 Å². The minimum Gasteiger partial charge on any atom is -0.493 e. The summed E-state index contributed by atoms with van der Waals surface area (Å²) in [6, 6.07) is 16.6. The van der Waals surface area contributed by atoms with E-state index >= 15 is 0 Å². The molecule has 1 amide bonds. The number of carbonyl (C=O) groups is 1. The molecule has 130 valence electrons. The molecule has 1 saturated heterocycles. The number of amides is 1. The van der Waals surface area contributed by atoms with Gasteiger partial charge in [0, 0.05) is 25.3 Å². The second-order valence-electron chi connectivity index (χ2n) is 6.71. The van der Waals surface area contributed by atoms with Crippen molar-refractivity contribution in [3.8, 4) is 5.75 Å². The second kappa shape index (κ2) is 6.79. The topological polar surface area (TPSA) is 32.8 Å². The molecule has 2 aliphatic heterocycles. The molecule has 0 aliphatic carbocycles. The first kappa shape index (κ1) is 16.0. The normalized spacial score (nSPS) is 19.2. The number of hydrogen-bond donors (Lipinski definition) is 0. The molecule has 0 saturated carbocycles. The number of fused-ring (bicyclic) bond motifs is 3. The first-order valence-corrected chi connectivity index (χ1v) is 9.13.